The van der Waals surface area contributed by atoms with E-state index in [1.165, 1.54) is 58.3 Å². The third-order valence-corrected chi connectivity index (χ3v) is 4.32. The number of nitrogens with zero attached hydrogens (tertiary/aromatic N) is 2. The van der Waals surface area contributed by atoms with Gasteiger partial charge in [-0.15, -0.1) is 0 Å². The van der Waals surface area contributed by atoms with E-state index in [0.29, 0.717) is 0 Å². The maximum absolute atomic E-state index is 9.10. The number of carboxylic acid groups (broad SMARTS) is 2. The Morgan fingerprint density at radius 1 is 0.905 bits per heavy atom. The fraction of sp³-hybridized carbons (Fsp3) is 0.867. The van der Waals surface area contributed by atoms with Crippen LogP contribution in [0.25, 0.3) is 0 Å². The molecule has 0 aromatic rings. The van der Waals surface area contributed by atoms with Crippen LogP contribution < -0.4 is 0 Å². The maximum Gasteiger partial charge on any atom is 0.414 e. The van der Waals surface area contributed by atoms with Gasteiger partial charge in [0.1, 0.15) is 0 Å². The zero-order valence-corrected chi connectivity index (χ0v) is 13.1. The standard InChI is InChI=1S/C13H26N2.C2H2O4/c1-12(2)14-10-6-13(7-11-14)15-8-4-3-5-9-15;3-1(4)2(5)6/h12-13H,3-11H2,1-2H3;(H,3,4)(H,5,6). The van der Waals surface area contributed by atoms with Gasteiger partial charge in [0.2, 0.25) is 0 Å². The molecule has 0 aromatic carbocycles. The monoisotopic (exact) mass is 300 g/mol. The van der Waals surface area contributed by atoms with Crippen molar-refractivity contribution in [2.24, 2.45) is 0 Å². The second-order valence-electron chi connectivity index (χ2n) is 6.07. The zero-order chi connectivity index (χ0) is 15.8. The van der Waals surface area contributed by atoms with Gasteiger partial charge in [-0.1, -0.05) is 6.42 Å². The Morgan fingerprint density at radius 2 is 1.38 bits per heavy atom. The molecule has 6 heteroatoms. The minimum atomic E-state index is -1.82. The summed E-state index contributed by atoms with van der Waals surface area (Å²) >= 11 is 0. The highest BCUT2D eigenvalue weighted by Crippen LogP contribution is 2.21. The van der Waals surface area contributed by atoms with Crippen molar-refractivity contribution >= 4 is 11.9 Å². The van der Waals surface area contributed by atoms with Crippen LogP contribution in [0.5, 0.6) is 0 Å². The number of likely N-dealkylation sites (tertiary alicyclic amines) is 2. The van der Waals surface area contributed by atoms with Gasteiger partial charge in [0.25, 0.3) is 0 Å². The fourth-order valence-electron chi connectivity index (χ4n) is 3.05. The van der Waals surface area contributed by atoms with E-state index in [2.05, 4.69) is 23.6 Å². The van der Waals surface area contributed by atoms with Crippen LogP contribution in [0.2, 0.25) is 0 Å². The van der Waals surface area contributed by atoms with E-state index in [1.807, 2.05) is 0 Å². The number of rotatable bonds is 2. The normalized spacial score (nSPS) is 21.7. The van der Waals surface area contributed by atoms with Gasteiger partial charge in [-0.2, -0.15) is 0 Å². The molecule has 2 aliphatic heterocycles. The molecule has 0 unspecified atom stereocenters. The van der Waals surface area contributed by atoms with Gasteiger partial charge >= 0.3 is 11.9 Å². The summed E-state index contributed by atoms with van der Waals surface area (Å²) in [6, 6.07) is 1.65. The molecule has 21 heavy (non-hydrogen) atoms. The van der Waals surface area contributed by atoms with Crippen LogP contribution in [0.15, 0.2) is 0 Å². The first-order chi connectivity index (χ1) is 9.91. The molecular weight excluding hydrogens is 272 g/mol. The topological polar surface area (TPSA) is 81.1 Å². The quantitative estimate of drug-likeness (QED) is 0.752. The van der Waals surface area contributed by atoms with E-state index >= 15 is 0 Å². The van der Waals surface area contributed by atoms with E-state index in [0.717, 1.165) is 12.1 Å². The number of piperidine rings is 2. The lowest BCUT2D eigenvalue weighted by atomic mass is 9.99. The Balaban J connectivity index is 0.000000315. The van der Waals surface area contributed by atoms with Crippen molar-refractivity contribution in [2.75, 3.05) is 26.2 Å². The third kappa shape index (κ3) is 6.44. The summed E-state index contributed by atoms with van der Waals surface area (Å²) in [5, 5.41) is 14.8. The van der Waals surface area contributed by atoms with E-state index in [9.17, 15) is 0 Å². The predicted molar refractivity (Wildman–Crippen MR) is 80.4 cm³/mol. The van der Waals surface area contributed by atoms with Crippen molar-refractivity contribution in [1.29, 1.82) is 0 Å². The predicted octanol–water partition coefficient (Wildman–Crippen LogP) is 1.50. The fourth-order valence-corrected chi connectivity index (χ4v) is 3.05. The lowest BCUT2D eigenvalue weighted by Crippen LogP contribution is -2.48. The Hall–Kier alpha value is -1.14. The number of carbonyl (C=O) groups is 2. The molecule has 2 fully saturated rings. The van der Waals surface area contributed by atoms with Gasteiger partial charge in [-0.05, 0) is 65.7 Å². The molecule has 0 aliphatic carbocycles. The van der Waals surface area contributed by atoms with Gasteiger partial charge < -0.3 is 20.0 Å². The SMILES string of the molecule is CC(C)N1CCC(N2CCCCC2)CC1.O=C(O)C(=O)O. The first-order valence-electron chi connectivity index (χ1n) is 7.86. The molecule has 0 amide bonds. The van der Waals surface area contributed by atoms with Crippen molar-refractivity contribution in [2.45, 2.75) is 58.0 Å². The molecule has 2 N–H and O–H groups in total. The van der Waals surface area contributed by atoms with Gasteiger partial charge in [0, 0.05) is 12.1 Å². The molecule has 0 atom stereocenters. The molecule has 2 aliphatic rings. The zero-order valence-electron chi connectivity index (χ0n) is 13.1. The molecular formula is C15H28N2O4. The summed E-state index contributed by atoms with van der Waals surface area (Å²) in [4.78, 5) is 23.6. The van der Waals surface area contributed by atoms with Crippen LogP contribution in [0.4, 0.5) is 0 Å². The summed E-state index contributed by atoms with van der Waals surface area (Å²) in [6.07, 6.45) is 7.13. The van der Waals surface area contributed by atoms with E-state index < -0.39 is 11.9 Å². The summed E-state index contributed by atoms with van der Waals surface area (Å²) in [5.41, 5.74) is 0. The minimum Gasteiger partial charge on any atom is -0.473 e. The number of hydrogen-bond acceptors (Lipinski definition) is 4. The van der Waals surface area contributed by atoms with Crippen molar-refractivity contribution in [3.63, 3.8) is 0 Å². The number of carboxylic acids is 2. The molecule has 0 saturated carbocycles. The third-order valence-electron chi connectivity index (χ3n) is 4.32. The number of aliphatic carboxylic acids is 2. The second kappa shape index (κ2) is 9.00. The molecule has 0 radical (unpaired) electrons. The first kappa shape index (κ1) is 17.9. The van der Waals surface area contributed by atoms with Crippen LogP contribution in [0, 0.1) is 0 Å². The lowest BCUT2D eigenvalue weighted by molar-refractivity contribution is -0.159. The summed E-state index contributed by atoms with van der Waals surface area (Å²) in [5.74, 6) is -3.65. The van der Waals surface area contributed by atoms with Gasteiger partial charge in [0.05, 0.1) is 0 Å². The van der Waals surface area contributed by atoms with Crippen LogP contribution in [0.1, 0.15) is 46.0 Å². The minimum absolute atomic E-state index is 0.743. The summed E-state index contributed by atoms with van der Waals surface area (Å²) < 4.78 is 0. The Kier molecular flexibility index (Phi) is 7.67. The molecule has 2 saturated heterocycles. The average Bonchev–Trinajstić information content (AvgIpc) is 2.49. The maximum atomic E-state index is 9.10. The van der Waals surface area contributed by atoms with Crippen molar-refractivity contribution < 1.29 is 19.8 Å². The van der Waals surface area contributed by atoms with Gasteiger partial charge in [-0.3, -0.25) is 0 Å². The highest BCUT2D eigenvalue weighted by molar-refractivity contribution is 6.27. The van der Waals surface area contributed by atoms with Crippen LogP contribution in [-0.4, -0.2) is 70.2 Å². The second-order valence-corrected chi connectivity index (χ2v) is 6.07. The van der Waals surface area contributed by atoms with E-state index in [4.69, 9.17) is 19.8 Å². The highest BCUT2D eigenvalue weighted by Gasteiger charge is 2.26. The van der Waals surface area contributed by atoms with Crippen molar-refractivity contribution in [3.8, 4) is 0 Å². The Labute approximate surface area is 126 Å². The molecule has 6 nitrogen and oxygen atoms in total. The number of hydrogen-bond donors (Lipinski definition) is 2. The smallest absolute Gasteiger partial charge is 0.414 e. The molecule has 2 rings (SSSR count). The molecule has 0 spiro atoms. The van der Waals surface area contributed by atoms with Crippen LogP contribution in [0.3, 0.4) is 0 Å². The van der Waals surface area contributed by atoms with Crippen molar-refractivity contribution in [1.82, 2.24) is 9.80 Å². The van der Waals surface area contributed by atoms with E-state index in [-0.39, 0.29) is 0 Å². The molecule has 2 heterocycles. The highest BCUT2D eigenvalue weighted by atomic mass is 16.4. The first-order valence-corrected chi connectivity index (χ1v) is 7.86. The average molecular weight is 300 g/mol. The summed E-state index contributed by atoms with van der Waals surface area (Å²) in [7, 11) is 0. The molecule has 0 bridgehead atoms. The Bertz CT molecular complexity index is 321. The largest absolute Gasteiger partial charge is 0.473 e. The van der Waals surface area contributed by atoms with E-state index in [1.54, 1.807) is 0 Å². The van der Waals surface area contributed by atoms with Gasteiger partial charge in [-0.25, -0.2) is 9.59 Å². The molecule has 0 aromatic heterocycles. The summed E-state index contributed by atoms with van der Waals surface area (Å²) in [6.45, 7) is 10.0. The lowest BCUT2D eigenvalue weighted by Gasteiger charge is -2.41. The van der Waals surface area contributed by atoms with Crippen LogP contribution >= 0.6 is 0 Å². The molecule has 122 valence electrons. The van der Waals surface area contributed by atoms with Gasteiger partial charge in [0.15, 0.2) is 0 Å². The Morgan fingerprint density at radius 3 is 1.76 bits per heavy atom. The van der Waals surface area contributed by atoms with Crippen LogP contribution in [-0.2, 0) is 9.59 Å². The van der Waals surface area contributed by atoms with Crippen molar-refractivity contribution in [3.05, 3.63) is 0 Å².